The molecule has 2 N–H and O–H groups in total. The number of rotatable bonds is 1. The van der Waals surface area contributed by atoms with Crippen molar-refractivity contribution in [2.75, 3.05) is 6.54 Å². The van der Waals surface area contributed by atoms with Gasteiger partial charge in [0.15, 0.2) is 0 Å². The van der Waals surface area contributed by atoms with Gasteiger partial charge in [-0.3, -0.25) is 4.90 Å². The molecule has 1 heterocycles. The number of hydrogen-bond donors (Lipinski definition) is 1. The van der Waals surface area contributed by atoms with Crippen molar-refractivity contribution in [1.82, 2.24) is 4.90 Å². The first-order valence-corrected chi connectivity index (χ1v) is 6.89. The zero-order chi connectivity index (χ0) is 11.7. The standard InChI is InChI=1S/C15H22N2/c16-14-7-8-15(10-14)17-9-3-6-12-4-1-2-5-13(12)11-17/h1-2,4-5,14-15H,3,6-11,16H2. The molecule has 17 heavy (non-hydrogen) atoms. The Kier molecular flexibility index (Phi) is 3.17. The van der Waals surface area contributed by atoms with E-state index >= 15 is 0 Å². The van der Waals surface area contributed by atoms with Gasteiger partial charge in [0.2, 0.25) is 0 Å². The molecule has 0 amide bonds. The van der Waals surface area contributed by atoms with E-state index in [4.69, 9.17) is 5.73 Å². The van der Waals surface area contributed by atoms with Crippen LogP contribution in [0, 0.1) is 0 Å². The van der Waals surface area contributed by atoms with Crippen LogP contribution in [0.4, 0.5) is 0 Å². The lowest BCUT2D eigenvalue weighted by Gasteiger charge is -2.27. The molecule has 1 aromatic rings. The summed E-state index contributed by atoms with van der Waals surface area (Å²) >= 11 is 0. The first-order chi connectivity index (χ1) is 8.33. The average molecular weight is 230 g/mol. The van der Waals surface area contributed by atoms with E-state index in [1.165, 1.54) is 44.2 Å². The van der Waals surface area contributed by atoms with Crippen LogP contribution in [0.1, 0.15) is 36.8 Å². The van der Waals surface area contributed by atoms with E-state index < -0.39 is 0 Å². The predicted octanol–water partition coefficient (Wildman–Crippen LogP) is 2.31. The summed E-state index contributed by atoms with van der Waals surface area (Å²) in [5, 5.41) is 0. The second-order valence-electron chi connectivity index (χ2n) is 5.57. The largest absolute Gasteiger partial charge is 0.328 e. The van der Waals surface area contributed by atoms with Crippen molar-refractivity contribution in [2.24, 2.45) is 5.73 Å². The van der Waals surface area contributed by atoms with Gasteiger partial charge in [-0.2, -0.15) is 0 Å². The van der Waals surface area contributed by atoms with Gasteiger partial charge in [-0.15, -0.1) is 0 Å². The average Bonchev–Trinajstić information content (AvgIpc) is 2.65. The maximum atomic E-state index is 6.04. The smallest absolute Gasteiger partial charge is 0.0239 e. The quantitative estimate of drug-likeness (QED) is 0.802. The molecule has 0 radical (unpaired) electrons. The van der Waals surface area contributed by atoms with Crippen LogP contribution in [-0.4, -0.2) is 23.5 Å². The molecule has 3 rings (SSSR count). The second kappa shape index (κ2) is 4.79. The third kappa shape index (κ3) is 2.38. The van der Waals surface area contributed by atoms with Gasteiger partial charge in [0.1, 0.15) is 0 Å². The minimum absolute atomic E-state index is 0.443. The predicted molar refractivity (Wildman–Crippen MR) is 70.8 cm³/mol. The Balaban J connectivity index is 1.76. The first kappa shape index (κ1) is 11.2. The second-order valence-corrected chi connectivity index (χ2v) is 5.57. The Morgan fingerprint density at radius 1 is 1.12 bits per heavy atom. The third-order valence-corrected chi connectivity index (χ3v) is 4.35. The van der Waals surface area contributed by atoms with Gasteiger partial charge in [-0.1, -0.05) is 24.3 Å². The van der Waals surface area contributed by atoms with Gasteiger partial charge < -0.3 is 5.73 Å². The minimum Gasteiger partial charge on any atom is -0.328 e. The summed E-state index contributed by atoms with van der Waals surface area (Å²) in [7, 11) is 0. The van der Waals surface area contributed by atoms with Crippen molar-refractivity contribution in [3.63, 3.8) is 0 Å². The molecule has 1 fully saturated rings. The Morgan fingerprint density at radius 2 is 1.94 bits per heavy atom. The van der Waals surface area contributed by atoms with Crippen molar-refractivity contribution in [3.05, 3.63) is 35.4 Å². The van der Waals surface area contributed by atoms with Gasteiger partial charge >= 0.3 is 0 Å². The first-order valence-electron chi connectivity index (χ1n) is 6.89. The van der Waals surface area contributed by atoms with Crippen LogP contribution in [-0.2, 0) is 13.0 Å². The third-order valence-electron chi connectivity index (χ3n) is 4.35. The van der Waals surface area contributed by atoms with Crippen LogP contribution in [0.25, 0.3) is 0 Å². The molecule has 0 spiro atoms. The highest BCUT2D eigenvalue weighted by Gasteiger charge is 2.28. The van der Waals surface area contributed by atoms with Crippen molar-refractivity contribution in [3.8, 4) is 0 Å². The normalized spacial score (nSPS) is 29.9. The molecule has 2 atom stereocenters. The Morgan fingerprint density at radius 3 is 2.71 bits per heavy atom. The van der Waals surface area contributed by atoms with Crippen LogP contribution in [0.15, 0.2) is 24.3 Å². The fourth-order valence-corrected chi connectivity index (χ4v) is 3.36. The summed E-state index contributed by atoms with van der Waals surface area (Å²) in [6, 6.07) is 10.1. The topological polar surface area (TPSA) is 29.3 Å². The lowest BCUT2D eigenvalue weighted by atomic mass is 10.0. The van der Waals surface area contributed by atoms with Crippen LogP contribution in [0.2, 0.25) is 0 Å². The minimum atomic E-state index is 0.443. The van der Waals surface area contributed by atoms with Crippen molar-refractivity contribution in [1.29, 1.82) is 0 Å². The van der Waals surface area contributed by atoms with Gasteiger partial charge in [0, 0.05) is 18.6 Å². The molecule has 0 aromatic heterocycles. The van der Waals surface area contributed by atoms with E-state index in [9.17, 15) is 0 Å². The summed E-state index contributed by atoms with van der Waals surface area (Å²) < 4.78 is 0. The van der Waals surface area contributed by atoms with E-state index in [0.717, 1.165) is 12.6 Å². The molecule has 0 bridgehead atoms. The zero-order valence-corrected chi connectivity index (χ0v) is 10.4. The monoisotopic (exact) mass is 230 g/mol. The number of nitrogens with zero attached hydrogens (tertiary/aromatic N) is 1. The summed E-state index contributed by atoms with van der Waals surface area (Å²) in [6.45, 7) is 2.37. The zero-order valence-electron chi connectivity index (χ0n) is 10.4. The highest BCUT2D eigenvalue weighted by Crippen LogP contribution is 2.27. The number of aryl methyl sites for hydroxylation is 1. The summed E-state index contributed by atoms with van der Waals surface area (Å²) in [5.41, 5.74) is 9.12. The van der Waals surface area contributed by atoms with Gasteiger partial charge in [-0.05, 0) is 49.8 Å². The lowest BCUT2D eigenvalue weighted by molar-refractivity contribution is 0.191. The Bertz CT molecular complexity index is 388. The van der Waals surface area contributed by atoms with Crippen LogP contribution in [0.3, 0.4) is 0 Å². The maximum absolute atomic E-state index is 6.04. The molecule has 92 valence electrons. The number of benzene rings is 1. The van der Waals surface area contributed by atoms with Gasteiger partial charge in [0.05, 0.1) is 0 Å². The Hall–Kier alpha value is -0.860. The van der Waals surface area contributed by atoms with E-state index in [0.29, 0.717) is 6.04 Å². The summed E-state index contributed by atoms with van der Waals surface area (Å²) in [4.78, 5) is 2.67. The molecule has 2 nitrogen and oxygen atoms in total. The SMILES string of the molecule is NC1CCC(N2CCCc3ccccc3C2)C1. The van der Waals surface area contributed by atoms with E-state index in [2.05, 4.69) is 29.2 Å². The molecular formula is C15H22N2. The summed E-state index contributed by atoms with van der Waals surface area (Å²) in [6.07, 6.45) is 6.24. The number of fused-ring (bicyclic) bond motifs is 1. The molecule has 1 aliphatic heterocycles. The summed E-state index contributed by atoms with van der Waals surface area (Å²) in [5.74, 6) is 0. The van der Waals surface area contributed by atoms with E-state index in [1.54, 1.807) is 5.56 Å². The maximum Gasteiger partial charge on any atom is 0.0239 e. The molecule has 1 saturated carbocycles. The Labute approximate surface area is 104 Å². The van der Waals surface area contributed by atoms with Gasteiger partial charge in [-0.25, -0.2) is 0 Å². The molecule has 2 heteroatoms. The number of hydrogen-bond acceptors (Lipinski definition) is 2. The molecular weight excluding hydrogens is 208 g/mol. The highest BCUT2D eigenvalue weighted by atomic mass is 15.2. The van der Waals surface area contributed by atoms with Crippen LogP contribution in [0.5, 0.6) is 0 Å². The van der Waals surface area contributed by atoms with Crippen molar-refractivity contribution in [2.45, 2.75) is 50.7 Å². The highest BCUT2D eigenvalue weighted by molar-refractivity contribution is 5.28. The fourth-order valence-electron chi connectivity index (χ4n) is 3.36. The molecule has 2 aliphatic rings. The van der Waals surface area contributed by atoms with Gasteiger partial charge in [0.25, 0.3) is 0 Å². The van der Waals surface area contributed by atoms with E-state index in [-0.39, 0.29) is 0 Å². The van der Waals surface area contributed by atoms with Crippen molar-refractivity contribution < 1.29 is 0 Å². The van der Waals surface area contributed by atoms with E-state index in [1.807, 2.05) is 0 Å². The molecule has 1 aliphatic carbocycles. The molecule has 0 saturated heterocycles. The lowest BCUT2D eigenvalue weighted by Crippen LogP contribution is -2.34. The molecule has 1 aromatic carbocycles. The molecule has 2 unspecified atom stereocenters. The van der Waals surface area contributed by atoms with Crippen molar-refractivity contribution >= 4 is 0 Å². The number of nitrogens with two attached hydrogens (primary N) is 1. The fraction of sp³-hybridized carbons (Fsp3) is 0.600. The van der Waals surface area contributed by atoms with Crippen LogP contribution < -0.4 is 5.73 Å². The van der Waals surface area contributed by atoms with Crippen LogP contribution >= 0.6 is 0 Å².